The summed E-state index contributed by atoms with van der Waals surface area (Å²) in [6.45, 7) is 5.40. The number of rotatable bonds is 6. The zero-order valence-corrected chi connectivity index (χ0v) is 14.7. The van der Waals surface area contributed by atoms with Crippen LogP contribution in [0.15, 0.2) is 35.4 Å². The molecule has 0 spiro atoms. The van der Waals surface area contributed by atoms with Crippen LogP contribution in [0.2, 0.25) is 0 Å². The molecule has 0 aliphatic carbocycles. The molecule has 1 aromatic heterocycles. The minimum Gasteiger partial charge on any atom is -0.352 e. The molecular formula is C17H21F3N4O2. The van der Waals surface area contributed by atoms with Gasteiger partial charge in [-0.15, -0.1) is 0 Å². The van der Waals surface area contributed by atoms with Crippen LogP contribution < -0.4 is 11.0 Å². The Hall–Kier alpha value is -2.58. The van der Waals surface area contributed by atoms with Gasteiger partial charge < -0.3 is 5.32 Å². The number of nitrogens with one attached hydrogen (secondary N) is 1. The van der Waals surface area contributed by atoms with Crippen molar-refractivity contribution in [3.63, 3.8) is 0 Å². The highest BCUT2D eigenvalue weighted by Crippen LogP contribution is 2.29. The first-order chi connectivity index (χ1) is 12.1. The van der Waals surface area contributed by atoms with Crippen molar-refractivity contribution in [1.29, 1.82) is 0 Å². The van der Waals surface area contributed by atoms with Crippen LogP contribution in [0.3, 0.4) is 0 Å². The zero-order valence-electron chi connectivity index (χ0n) is 14.7. The summed E-state index contributed by atoms with van der Waals surface area (Å²) in [4.78, 5) is 28.1. The van der Waals surface area contributed by atoms with Crippen molar-refractivity contribution >= 4 is 5.91 Å². The van der Waals surface area contributed by atoms with E-state index in [2.05, 4.69) is 10.3 Å². The van der Waals surface area contributed by atoms with E-state index in [-0.39, 0.29) is 11.9 Å². The number of aromatic nitrogens is 3. The van der Waals surface area contributed by atoms with Crippen molar-refractivity contribution in [1.82, 2.24) is 19.7 Å². The summed E-state index contributed by atoms with van der Waals surface area (Å²) in [6, 6.07) is 3.37. The monoisotopic (exact) mass is 370 g/mol. The van der Waals surface area contributed by atoms with Gasteiger partial charge >= 0.3 is 11.9 Å². The molecule has 0 bridgehead atoms. The molecule has 1 aromatic carbocycles. The van der Waals surface area contributed by atoms with Crippen LogP contribution in [0, 0.1) is 0 Å². The third-order valence-electron chi connectivity index (χ3n) is 4.02. The Morgan fingerprint density at radius 1 is 1.23 bits per heavy atom. The molecule has 2 atom stereocenters. The zero-order chi connectivity index (χ0) is 19.5. The summed E-state index contributed by atoms with van der Waals surface area (Å²) in [5.74, 6) is -0.360. The quantitative estimate of drug-likeness (QED) is 0.850. The number of nitrogens with zero attached hydrogens (tertiary/aromatic N) is 3. The molecule has 2 rings (SSSR count). The third-order valence-corrected chi connectivity index (χ3v) is 4.02. The second kappa shape index (κ2) is 7.76. The molecule has 9 heteroatoms. The van der Waals surface area contributed by atoms with Gasteiger partial charge in [0.1, 0.15) is 12.4 Å². The van der Waals surface area contributed by atoms with Gasteiger partial charge in [-0.1, -0.05) is 13.3 Å². The molecule has 0 aliphatic rings. The van der Waals surface area contributed by atoms with E-state index in [1.807, 2.05) is 13.8 Å². The SMILES string of the molecule is CCCC(C)NC(=O)C(C)n1c(=O)ncn1-c1ccc(C(F)(F)F)cc1. The summed E-state index contributed by atoms with van der Waals surface area (Å²) in [5.41, 5.74) is -1.15. The van der Waals surface area contributed by atoms with E-state index in [9.17, 15) is 22.8 Å². The van der Waals surface area contributed by atoms with Crippen molar-refractivity contribution in [2.75, 3.05) is 0 Å². The standard InChI is InChI=1S/C17H21F3N4O2/c1-4-5-11(2)22-15(25)12(3)24-16(26)21-10-23(24)14-8-6-13(7-9-14)17(18,19)20/h6-12H,4-5H2,1-3H3,(H,22,25). The predicted octanol–water partition coefficient (Wildman–Crippen LogP) is 2.92. The Labute approximate surface area is 148 Å². The maximum absolute atomic E-state index is 12.7. The normalized spacial score (nSPS) is 14.1. The van der Waals surface area contributed by atoms with E-state index in [0.29, 0.717) is 5.69 Å². The van der Waals surface area contributed by atoms with Crippen LogP contribution in [0.25, 0.3) is 5.69 Å². The van der Waals surface area contributed by atoms with E-state index in [4.69, 9.17) is 0 Å². The summed E-state index contributed by atoms with van der Waals surface area (Å²) in [5, 5.41) is 2.82. The fraction of sp³-hybridized carbons (Fsp3) is 0.471. The Bertz CT molecular complexity index is 809. The van der Waals surface area contributed by atoms with Gasteiger partial charge in [0.2, 0.25) is 5.91 Å². The van der Waals surface area contributed by atoms with Crippen LogP contribution in [-0.2, 0) is 11.0 Å². The van der Waals surface area contributed by atoms with Gasteiger partial charge in [-0.3, -0.25) is 4.79 Å². The van der Waals surface area contributed by atoms with Crippen molar-refractivity contribution in [2.45, 2.75) is 51.9 Å². The molecule has 0 saturated heterocycles. The lowest BCUT2D eigenvalue weighted by atomic mass is 10.2. The van der Waals surface area contributed by atoms with Gasteiger partial charge in [0.25, 0.3) is 0 Å². The predicted molar refractivity (Wildman–Crippen MR) is 90.0 cm³/mol. The first kappa shape index (κ1) is 19.7. The van der Waals surface area contributed by atoms with E-state index in [0.717, 1.165) is 29.7 Å². The average molecular weight is 370 g/mol. The second-order valence-corrected chi connectivity index (χ2v) is 6.14. The van der Waals surface area contributed by atoms with Gasteiger partial charge in [-0.25, -0.2) is 14.2 Å². The molecule has 6 nitrogen and oxygen atoms in total. The first-order valence-corrected chi connectivity index (χ1v) is 8.29. The number of carbonyl (C=O) groups excluding carboxylic acids is 1. The number of hydrogen-bond acceptors (Lipinski definition) is 3. The lowest BCUT2D eigenvalue weighted by Crippen LogP contribution is -2.41. The molecule has 2 unspecified atom stereocenters. The molecule has 2 aromatic rings. The Balaban J connectivity index is 2.31. The van der Waals surface area contributed by atoms with Gasteiger partial charge in [0, 0.05) is 6.04 Å². The third kappa shape index (κ3) is 4.33. The minimum absolute atomic E-state index is 0.0481. The summed E-state index contributed by atoms with van der Waals surface area (Å²) < 4.78 is 40.5. The van der Waals surface area contributed by atoms with Gasteiger partial charge in [0.05, 0.1) is 11.3 Å². The summed E-state index contributed by atoms with van der Waals surface area (Å²) >= 11 is 0. The minimum atomic E-state index is -4.45. The van der Waals surface area contributed by atoms with Gasteiger partial charge in [-0.2, -0.15) is 18.2 Å². The molecule has 142 valence electrons. The fourth-order valence-corrected chi connectivity index (χ4v) is 2.64. The topological polar surface area (TPSA) is 68.9 Å². The molecule has 26 heavy (non-hydrogen) atoms. The van der Waals surface area contributed by atoms with Crippen molar-refractivity contribution < 1.29 is 18.0 Å². The van der Waals surface area contributed by atoms with Crippen molar-refractivity contribution in [3.05, 3.63) is 46.6 Å². The first-order valence-electron chi connectivity index (χ1n) is 8.29. The highest BCUT2D eigenvalue weighted by molar-refractivity contribution is 5.80. The van der Waals surface area contributed by atoms with Crippen molar-refractivity contribution in [3.8, 4) is 5.69 Å². The number of alkyl halides is 3. The molecule has 1 amide bonds. The molecule has 0 aliphatic heterocycles. The lowest BCUT2D eigenvalue weighted by Gasteiger charge is -2.20. The number of halogens is 3. The van der Waals surface area contributed by atoms with E-state index in [1.165, 1.54) is 30.1 Å². The van der Waals surface area contributed by atoms with Gasteiger partial charge in [0.15, 0.2) is 0 Å². The molecule has 1 N–H and O–H groups in total. The fourth-order valence-electron chi connectivity index (χ4n) is 2.64. The summed E-state index contributed by atoms with van der Waals surface area (Å²) in [6.07, 6.45) is -1.56. The Morgan fingerprint density at radius 3 is 2.38 bits per heavy atom. The van der Waals surface area contributed by atoms with E-state index < -0.39 is 23.5 Å². The van der Waals surface area contributed by atoms with Crippen LogP contribution in [-0.4, -0.2) is 26.3 Å². The Morgan fingerprint density at radius 2 is 1.85 bits per heavy atom. The largest absolute Gasteiger partial charge is 0.416 e. The molecular weight excluding hydrogens is 349 g/mol. The average Bonchev–Trinajstić information content (AvgIpc) is 2.95. The highest BCUT2D eigenvalue weighted by atomic mass is 19.4. The second-order valence-electron chi connectivity index (χ2n) is 6.14. The van der Waals surface area contributed by atoms with Crippen LogP contribution in [0.4, 0.5) is 13.2 Å². The van der Waals surface area contributed by atoms with Crippen LogP contribution in [0.1, 0.15) is 45.2 Å². The van der Waals surface area contributed by atoms with E-state index in [1.54, 1.807) is 0 Å². The molecule has 1 heterocycles. The molecule has 0 fully saturated rings. The van der Waals surface area contributed by atoms with Crippen molar-refractivity contribution in [2.24, 2.45) is 0 Å². The number of amides is 1. The number of benzene rings is 1. The maximum Gasteiger partial charge on any atom is 0.416 e. The van der Waals surface area contributed by atoms with Gasteiger partial charge in [-0.05, 0) is 44.5 Å². The molecule has 0 saturated carbocycles. The number of carbonyl (C=O) groups is 1. The molecule has 0 radical (unpaired) electrons. The van der Waals surface area contributed by atoms with Crippen LogP contribution >= 0.6 is 0 Å². The number of hydrogen-bond donors (Lipinski definition) is 1. The maximum atomic E-state index is 12.7. The highest BCUT2D eigenvalue weighted by Gasteiger charge is 2.30. The summed E-state index contributed by atoms with van der Waals surface area (Å²) in [7, 11) is 0. The smallest absolute Gasteiger partial charge is 0.352 e. The Kier molecular flexibility index (Phi) is 5.89. The van der Waals surface area contributed by atoms with Crippen LogP contribution in [0.5, 0.6) is 0 Å². The lowest BCUT2D eigenvalue weighted by molar-refractivity contribution is -0.137. The van der Waals surface area contributed by atoms with E-state index >= 15 is 0 Å².